The molecule has 0 aliphatic carbocycles. The molecular weight excluding hydrogens is 528 g/mol. The Morgan fingerprint density at radius 3 is 1.68 bits per heavy atom. The van der Waals surface area contributed by atoms with Crippen molar-refractivity contribution in [3.63, 3.8) is 0 Å². The monoisotopic (exact) mass is 545 g/mol. The number of benzene rings is 5. The van der Waals surface area contributed by atoms with Gasteiger partial charge in [-0.3, -0.25) is 4.57 Å². The lowest BCUT2D eigenvalue weighted by molar-refractivity contribution is 0.446. The first-order valence-electron chi connectivity index (χ1n) is 12.0. The van der Waals surface area contributed by atoms with Crippen molar-refractivity contribution in [3.8, 4) is 17.1 Å². The summed E-state index contributed by atoms with van der Waals surface area (Å²) < 4.78 is 86.7. The smallest absolute Gasteiger partial charge is 0.194 e. The zero-order valence-electron chi connectivity index (χ0n) is 20.4. The van der Waals surface area contributed by atoms with Crippen LogP contribution in [0.2, 0.25) is 0 Å². The van der Waals surface area contributed by atoms with Crippen molar-refractivity contribution in [2.45, 2.75) is 0 Å². The van der Waals surface area contributed by atoms with Crippen LogP contribution in [0.1, 0.15) is 0 Å². The second kappa shape index (κ2) is 9.92. The molecule has 0 spiro atoms. The van der Waals surface area contributed by atoms with Crippen molar-refractivity contribution in [2.75, 3.05) is 4.90 Å². The SMILES string of the molecule is Fc1cc(N(c2cccc(-c3nc4ccccc4n3-c3ccccc3)c2)c2cc(F)c(F)c(F)c2)cc(F)c1F. The van der Waals surface area contributed by atoms with Crippen molar-refractivity contribution in [1.82, 2.24) is 9.55 Å². The first-order chi connectivity index (χ1) is 19.3. The first-order valence-corrected chi connectivity index (χ1v) is 12.0. The highest BCUT2D eigenvalue weighted by Gasteiger charge is 2.22. The maximum absolute atomic E-state index is 14.3. The van der Waals surface area contributed by atoms with Gasteiger partial charge in [0.05, 0.1) is 22.4 Å². The van der Waals surface area contributed by atoms with Crippen LogP contribution in [-0.2, 0) is 0 Å². The molecule has 0 unspecified atom stereocenters. The molecule has 0 saturated heterocycles. The molecule has 0 radical (unpaired) electrons. The third-order valence-electron chi connectivity index (χ3n) is 6.39. The number of nitrogens with zero attached hydrogens (tertiary/aromatic N) is 3. The van der Waals surface area contributed by atoms with Gasteiger partial charge in [-0.2, -0.15) is 0 Å². The standard InChI is InChI=1S/C31H17F6N3/c32-23-14-21(15-24(33)29(23)36)39(22-16-25(34)30(37)26(35)17-22)20-10-6-7-18(13-20)31-38-27-11-4-5-12-28(27)40(31)19-8-2-1-3-9-19/h1-17H. The lowest BCUT2D eigenvalue weighted by Gasteiger charge is -2.26. The second-order valence-corrected chi connectivity index (χ2v) is 8.93. The number of rotatable bonds is 5. The third kappa shape index (κ3) is 4.35. The molecule has 0 aliphatic rings. The van der Waals surface area contributed by atoms with Gasteiger partial charge >= 0.3 is 0 Å². The van der Waals surface area contributed by atoms with Crippen molar-refractivity contribution >= 4 is 28.1 Å². The Morgan fingerprint density at radius 2 is 1.07 bits per heavy atom. The first kappa shape index (κ1) is 25.2. The molecule has 6 rings (SSSR count). The summed E-state index contributed by atoms with van der Waals surface area (Å²) in [6.45, 7) is 0. The zero-order valence-corrected chi connectivity index (χ0v) is 20.4. The summed E-state index contributed by atoms with van der Waals surface area (Å²) in [7, 11) is 0. The predicted molar refractivity (Wildman–Crippen MR) is 141 cm³/mol. The van der Waals surface area contributed by atoms with Gasteiger partial charge in [-0.05, 0) is 36.4 Å². The fourth-order valence-electron chi connectivity index (χ4n) is 4.63. The van der Waals surface area contributed by atoms with E-state index in [0.29, 0.717) is 41.2 Å². The van der Waals surface area contributed by atoms with E-state index in [1.165, 1.54) is 6.07 Å². The fraction of sp³-hybridized carbons (Fsp3) is 0. The van der Waals surface area contributed by atoms with Crippen LogP contribution in [0, 0.1) is 34.9 Å². The number of hydrogen-bond donors (Lipinski definition) is 0. The van der Waals surface area contributed by atoms with Gasteiger partial charge in [-0.15, -0.1) is 0 Å². The van der Waals surface area contributed by atoms with Crippen LogP contribution >= 0.6 is 0 Å². The molecule has 0 bridgehead atoms. The van der Waals surface area contributed by atoms with E-state index in [9.17, 15) is 26.3 Å². The molecule has 0 atom stereocenters. The van der Waals surface area contributed by atoms with Crippen LogP contribution in [-0.4, -0.2) is 9.55 Å². The van der Waals surface area contributed by atoms with E-state index in [2.05, 4.69) is 0 Å². The molecule has 0 amide bonds. The highest BCUT2D eigenvalue weighted by Crippen LogP contribution is 2.39. The van der Waals surface area contributed by atoms with Crippen molar-refractivity contribution in [1.29, 1.82) is 0 Å². The third-order valence-corrected chi connectivity index (χ3v) is 6.39. The number of para-hydroxylation sites is 3. The number of anilines is 3. The van der Waals surface area contributed by atoms with Gasteiger partial charge in [-0.25, -0.2) is 31.3 Å². The molecule has 9 heteroatoms. The van der Waals surface area contributed by atoms with Crippen molar-refractivity contribution < 1.29 is 26.3 Å². The van der Waals surface area contributed by atoms with Crippen LogP contribution in [0.15, 0.2) is 103 Å². The largest absolute Gasteiger partial charge is 0.310 e. The summed E-state index contributed by atoms with van der Waals surface area (Å²) in [6, 6.07) is 26.2. The zero-order chi connectivity index (χ0) is 28.0. The van der Waals surface area contributed by atoms with Gasteiger partial charge in [0.15, 0.2) is 34.9 Å². The minimum absolute atomic E-state index is 0.194. The van der Waals surface area contributed by atoms with Gasteiger partial charge in [0.2, 0.25) is 0 Å². The number of hydrogen-bond acceptors (Lipinski definition) is 2. The molecule has 6 aromatic rings. The number of aromatic nitrogens is 2. The molecule has 198 valence electrons. The van der Waals surface area contributed by atoms with Crippen LogP contribution < -0.4 is 4.90 Å². The van der Waals surface area contributed by atoms with Gasteiger partial charge < -0.3 is 4.90 Å². The summed E-state index contributed by atoms with van der Waals surface area (Å²) >= 11 is 0. The van der Waals surface area contributed by atoms with Gasteiger partial charge in [-0.1, -0.05) is 42.5 Å². The Kier molecular flexibility index (Phi) is 6.26. The molecule has 3 nitrogen and oxygen atoms in total. The minimum Gasteiger partial charge on any atom is -0.310 e. The Balaban J connectivity index is 1.58. The Bertz CT molecular complexity index is 1780. The molecule has 0 N–H and O–H groups in total. The summed E-state index contributed by atoms with van der Waals surface area (Å²) in [5.41, 5.74) is 2.52. The molecule has 5 aromatic carbocycles. The maximum atomic E-state index is 14.3. The maximum Gasteiger partial charge on any atom is 0.194 e. The van der Waals surface area contributed by atoms with Gasteiger partial charge in [0, 0.05) is 41.2 Å². The van der Waals surface area contributed by atoms with E-state index in [0.717, 1.165) is 16.1 Å². The summed E-state index contributed by atoms with van der Waals surface area (Å²) in [5, 5.41) is 0. The lowest BCUT2D eigenvalue weighted by atomic mass is 10.1. The topological polar surface area (TPSA) is 21.1 Å². The van der Waals surface area contributed by atoms with Gasteiger partial charge in [0.1, 0.15) is 5.82 Å². The summed E-state index contributed by atoms with van der Waals surface area (Å²) in [6.07, 6.45) is 0. The lowest BCUT2D eigenvalue weighted by Crippen LogP contribution is -2.13. The van der Waals surface area contributed by atoms with Crippen LogP contribution in [0.3, 0.4) is 0 Å². The normalized spacial score (nSPS) is 11.2. The van der Waals surface area contributed by atoms with E-state index in [-0.39, 0.29) is 17.1 Å². The van der Waals surface area contributed by atoms with E-state index in [4.69, 9.17) is 4.98 Å². The van der Waals surface area contributed by atoms with Crippen LogP contribution in [0.5, 0.6) is 0 Å². The Labute approximate surface area is 224 Å². The molecule has 0 fully saturated rings. The van der Waals surface area contributed by atoms with E-state index in [1.807, 2.05) is 59.2 Å². The molecule has 0 aliphatic heterocycles. The molecule has 40 heavy (non-hydrogen) atoms. The number of halogens is 6. The summed E-state index contributed by atoms with van der Waals surface area (Å²) in [4.78, 5) is 5.88. The highest BCUT2D eigenvalue weighted by atomic mass is 19.2. The van der Waals surface area contributed by atoms with E-state index >= 15 is 0 Å². The predicted octanol–water partition coefficient (Wildman–Crippen LogP) is 9.00. The Morgan fingerprint density at radius 1 is 0.525 bits per heavy atom. The molecule has 1 heterocycles. The van der Waals surface area contributed by atoms with Crippen LogP contribution in [0.25, 0.3) is 28.1 Å². The van der Waals surface area contributed by atoms with Crippen molar-refractivity contribution in [3.05, 3.63) is 138 Å². The summed E-state index contributed by atoms with van der Waals surface area (Å²) in [5.74, 6) is -8.93. The average Bonchev–Trinajstić information content (AvgIpc) is 3.35. The molecule has 1 aromatic heterocycles. The highest BCUT2D eigenvalue weighted by molar-refractivity contribution is 5.85. The number of fused-ring (bicyclic) bond motifs is 1. The fourth-order valence-corrected chi connectivity index (χ4v) is 4.63. The quantitative estimate of drug-likeness (QED) is 0.159. The minimum atomic E-state index is -1.70. The van der Waals surface area contributed by atoms with E-state index in [1.54, 1.807) is 18.2 Å². The molecule has 0 saturated carbocycles. The second-order valence-electron chi connectivity index (χ2n) is 8.93. The van der Waals surface area contributed by atoms with Crippen LogP contribution in [0.4, 0.5) is 43.4 Å². The average molecular weight is 545 g/mol. The number of imidazole rings is 1. The Hall–Kier alpha value is -5.05. The molecular formula is C31H17F6N3. The van der Waals surface area contributed by atoms with E-state index < -0.39 is 34.9 Å². The van der Waals surface area contributed by atoms with Gasteiger partial charge in [0.25, 0.3) is 0 Å². The van der Waals surface area contributed by atoms with Crippen molar-refractivity contribution in [2.24, 2.45) is 0 Å².